The third-order valence-electron chi connectivity index (χ3n) is 4.74. The number of pyridine rings is 1. The minimum absolute atomic E-state index is 0.175. The van der Waals surface area contributed by atoms with Gasteiger partial charge in [-0.15, -0.1) is 11.6 Å². The van der Waals surface area contributed by atoms with Crippen LogP contribution in [-0.2, 0) is 4.79 Å². The zero-order valence-corrected chi connectivity index (χ0v) is 17.9. The van der Waals surface area contributed by atoms with Crippen LogP contribution < -0.4 is 24.3 Å². The van der Waals surface area contributed by atoms with Crippen LogP contribution in [0.4, 0.5) is 0 Å². The Bertz CT molecular complexity index is 1060. The molecule has 0 saturated carbocycles. The zero-order chi connectivity index (χ0) is 21.7. The van der Waals surface area contributed by atoms with Crippen LogP contribution >= 0.6 is 11.6 Å². The highest BCUT2D eigenvalue weighted by atomic mass is 35.5. The van der Waals surface area contributed by atoms with E-state index in [9.17, 15) is 4.79 Å². The molecule has 0 bridgehead atoms. The molecule has 1 heterocycles. The molecule has 3 aromatic rings. The lowest BCUT2D eigenvalue weighted by Gasteiger charge is -2.22. The highest BCUT2D eigenvalue weighted by Gasteiger charge is 2.23. The number of amides is 1. The summed E-state index contributed by atoms with van der Waals surface area (Å²) in [6, 6.07) is 10.4. The molecule has 2 aromatic carbocycles. The molecule has 0 saturated heterocycles. The van der Waals surface area contributed by atoms with Gasteiger partial charge >= 0.3 is 0 Å². The standard InChI is InChI=1S/C22H23ClN2O5/c1-27-16-6-5-14(10-17(16)28-2)21(25-20(26)12-23)22-15-11-19(30-4)18(29-3)9-13(15)7-8-24-22/h5-11,21H,12H2,1-4H3,(H,25,26). The molecule has 1 aromatic heterocycles. The summed E-state index contributed by atoms with van der Waals surface area (Å²) in [4.78, 5) is 16.8. The highest BCUT2D eigenvalue weighted by molar-refractivity contribution is 6.27. The predicted octanol–water partition coefficient (Wildman–Crippen LogP) is 3.71. The number of aromatic nitrogens is 1. The first kappa shape index (κ1) is 21.5. The molecule has 0 aliphatic rings. The lowest BCUT2D eigenvalue weighted by molar-refractivity contribution is -0.119. The van der Waals surface area contributed by atoms with Gasteiger partial charge in [0.2, 0.25) is 5.91 Å². The summed E-state index contributed by atoms with van der Waals surface area (Å²) in [5, 5.41) is 4.65. The van der Waals surface area contributed by atoms with Gasteiger partial charge in [-0.25, -0.2) is 0 Å². The molecule has 3 rings (SSSR count). The molecule has 0 aliphatic carbocycles. The van der Waals surface area contributed by atoms with E-state index in [0.29, 0.717) is 28.7 Å². The first-order chi connectivity index (χ1) is 14.6. The van der Waals surface area contributed by atoms with Crippen molar-refractivity contribution >= 4 is 28.3 Å². The Kier molecular flexibility index (Phi) is 6.84. The Morgan fingerprint density at radius 1 is 0.933 bits per heavy atom. The van der Waals surface area contributed by atoms with E-state index in [1.807, 2.05) is 24.3 Å². The van der Waals surface area contributed by atoms with Crippen LogP contribution in [0.25, 0.3) is 10.8 Å². The maximum atomic E-state index is 12.2. The van der Waals surface area contributed by atoms with E-state index in [-0.39, 0.29) is 11.8 Å². The molecule has 0 aliphatic heterocycles. The summed E-state index contributed by atoms with van der Waals surface area (Å²) in [7, 11) is 6.28. The van der Waals surface area contributed by atoms with Crippen molar-refractivity contribution in [2.75, 3.05) is 34.3 Å². The van der Waals surface area contributed by atoms with Crippen molar-refractivity contribution in [1.82, 2.24) is 10.3 Å². The summed E-state index contributed by atoms with van der Waals surface area (Å²) < 4.78 is 21.6. The lowest BCUT2D eigenvalue weighted by atomic mass is 9.97. The third-order valence-corrected chi connectivity index (χ3v) is 4.98. The number of carbonyl (C=O) groups excluding carboxylic acids is 1. The number of benzene rings is 2. The van der Waals surface area contributed by atoms with Crippen molar-refractivity contribution in [2.24, 2.45) is 0 Å². The summed E-state index contributed by atoms with van der Waals surface area (Å²) in [5.74, 6) is 1.80. The number of rotatable bonds is 8. The molecule has 0 fully saturated rings. The van der Waals surface area contributed by atoms with E-state index < -0.39 is 6.04 Å². The number of nitrogens with one attached hydrogen (secondary N) is 1. The van der Waals surface area contributed by atoms with E-state index in [0.717, 1.165) is 16.3 Å². The molecule has 1 unspecified atom stereocenters. The van der Waals surface area contributed by atoms with Gasteiger partial charge in [-0.05, 0) is 41.3 Å². The molecule has 158 valence electrons. The number of carbonyl (C=O) groups is 1. The molecular weight excluding hydrogens is 408 g/mol. The van der Waals surface area contributed by atoms with E-state index >= 15 is 0 Å². The van der Waals surface area contributed by atoms with Crippen molar-refractivity contribution < 1.29 is 23.7 Å². The van der Waals surface area contributed by atoms with Gasteiger partial charge in [0.05, 0.1) is 40.2 Å². The fourth-order valence-electron chi connectivity index (χ4n) is 3.29. The van der Waals surface area contributed by atoms with Gasteiger partial charge < -0.3 is 24.3 Å². The smallest absolute Gasteiger partial charge is 0.235 e. The first-order valence-corrected chi connectivity index (χ1v) is 9.67. The number of fused-ring (bicyclic) bond motifs is 1. The van der Waals surface area contributed by atoms with Gasteiger partial charge in [-0.3, -0.25) is 9.78 Å². The Labute approximate surface area is 179 Å². The molecule has 1 atom stereocenters. The fourth-order valence-corrected chi connectivity index (χ4v) is 3.37. The number of hydrogen-bond donors (Lipinski definition) is 1. The molecule has 1 amide bonds. The van der Waals surface area contributed by atoms with Crippen LogP contribution in [0.2, 0.25) is 0 Å². The second-order valence-electron chi connectivity index (χ2n) is 6.37. The van der Waals surface area contributed by atoms with Crippen molar-refractivity contribution in [3.8, 4) is 23.0 Å². The van der Waals surface area contributed by atoms with Crippen molar-refractivity contribution in [3.05, 3.63) is 53.9 Å². The zero-order valence-electron chi connectivity index (χ0n) is 17.2. The largest absolute Gasteiger partial charge is 0.493 e. The van der Waals surface area contributed by atoms with Crippen LogP contribution in [0, 0.1) is 0 Å². The SMILES string of the molecule is COc1ccc(C(NC(=O)CCl)c2nccc3cc(OC)c(OC)cc23)cc1OC. The highest BCUT2D eigenvalue weighted by Crippen LogP contribution is 2.37. The van der Waals surface area contributed by atoms with Crippen molar-refractivity contribution in [2.45, 2.75) is 6.04 Å². The van der Waals surface area contributed by atoms with Crippen LogP contribution in [0.5, 0.6) is 23.0 Å². The number of nitrogens with zero attached hydrogens (tertiary/aromatic N) is 1. The quantitative estimate of drug-likeness (QED) is 0.549. The predicted molar refractivity (Wildman–Crippen MR) is 115 cm³/mol. The number of halogens is 1. The minimum atomic E-state index is -0.571. The molecule has 0 radical (unpaired) electrons. The van der Waals surface area contributed by atoms with Gasteiger partial charge in [-0.2, -0.15) is 0 Å². The summed E-state index contributed by atoms with van der Waals surface area (Å²) in [6.07, 6.45) is 1.68. The maximum absolute atomic E-state index is 12.2. The van der Waals surface area contributed by atoms with Crippen molar-refractivity contribution in [3.63, 3.8) is 0 Å². The molecule has 30 heavy (non-hydrogen) atoms. The first-order valence-electron chi connectivity index (χ1n) is 9.14. The van der Waals surface area contributed by atoms with Gasteiger partial charge in [0, 0.05) is 11.6 Å². The monoisotopic (exact) mass is 430 g/mol. The van der Waals surface area contributed by atoms with Crippen LogP contribution in [0.3, 0.4) is 0 Å². The van der Waals surface area contributed by atoms with E-state index in [1.165, 1.54) is 0 Å². The molecule has 0 spiro atoms. The van der Waals surface area contributed by atoms with Crippen LogP contribution in [-0.4, -0.2) is 45.2 Å². The van der Waals surface area contributed by atoms with Gasteiger partial charge in [-0.1, -0.05) is 6.07 Å². The van der Waals surface area contributed by atoms with Crippen LogP contribution in [0.15, 0.2) is 42.6 Å². The van der Waals surface area contributed by atoms with Gasteiger partial charge in [0.25, 0.3) is 0 Å². The average Bonchev–Trinajstić information content (AvgIpc) is 2.80. The Morgan fingerprint density at radius 2 is 1.57 bits per heavy atom. The topological polar surface area (TPSA) is 78.9 Å². The second kappa shape index (κ2) is 9.54. The number of hydrogen-bond acceptors (Lipinski definition) is 6. The van der Waals surface area contributed by atoms with Gasteiger partial charge in [0.15, 0.2) is 23.0 Å². The second-order valence-corrected chi connectivity index (χ2v) is 6.64. The van der Waals surface area contributed by atoms with E-state index in [1.54, 1.807) is 46.8 Å². The molecule has 1 N–H and O–H groups in total. The lowest BCUT2D eigenvalue weighted by Crippen LogP contribution is -2.31. The number of alkyl halides is 1. The Balaban J connectivity index is 2.22. The Hall–Kier alpha value is -3.19. The summed E-state index contributed by atoms with van der Waals surface area (Å²) >= 11 is 5.77. The molecule has 7 nitrogen and oxygen atoms in total. The maximum Gasteiger partial charge on any atom is 0.235 e. The minimum Gasteiger partial charge on any atom is -0.493 e. The van der Waals surface area contributed by atoms with Crippen LogP contribution in [0.1, 0.15) is 17.3 Å². The average molecular weight is 431 g/mol. The van der Waals surface area contributed by atoms with E-state index in [4.69, 9.17) is 30.5 Å². The van der Waals surface area contributed by atoms with Crippen molar-refractivity contribution in [1.29, 1.82) is 0 Å². The third kappa shape index (κ3) is 4.21. The number of ether oxygens (including phenoxy) is 4. The van der Waals surface area contributed by atoms with E-state index in [2.05, 4.69) is 10.3 Å². The number of methoxy groups -OCH3 is 4. The molecule has 8 heteroatoms. The normalized spacial score (nSPS) is 11.6. The Morgan fingerprint density at radius 3 is 2.20 bits per heavy atom. The summed E-state index contributed by atoms with van der Waals surface area (Å²) in [5.41, 5.74) is 1.40. The summed E-state index contributed by atoms with van der Waals surface area (Å²) in [6.45, 7) is 0. The molecular formula is C22H23ClN2O5. The van der Waals surface area contributed by atoms with Gasteiger partial charge in [0.1, 0.15) is 5.88 Å². The fraction of sp³-hybridized carbons (Fsp3) is 0.273.